The third-order valence-corrected chi connectivity index (χ3v) is 4.76. The molecule has 120 valence electrons. The number of nitrogens with zero attached hydrogens (tertiary/aromatic N) is 2. The van der Waals surface area contributed by atoms with Crippen molar-refractivity contribution < 1.29 is 14.7 Å². The van der Waals surface area contributed by atoms with E-state index in [0.717, 1.165) is 25.9 Å². The molecular weight excluding hydrogens is 270 g/mol. The largest absolute Gasteiger partial charge is 0.481 e. The molecule has 2 amide bonds. The Morgan fingerprint density at radius 3 is 2.76 bits per heavy atom. The van der Waals surface area contributed by atoms with Crippen molar-refractivity contribution in [3.63, 3.8) is 0 Å². The Hall–Kier alpha value is -1.30. The van der Waals surface area contributed by atoms with E-state index < -0.39 is 11.4 Å². The number of carboxylic acid groups (broad SMARTS) is 1. The Balaban J connectivity index is 1.81. The molecule has 0 spiro atoms. The average Bonchev–Trinajstić information content (AvgIpc) is 2.45. The number of aliphatic carboxylic acids is 1. The van der Waals surface area contributed by atoms with Gasteiger partial charge in [0.25, 0.3) is 0 Å². The summed E-state index contributed by atoms with van der Waals surface area (Å²) in [4.78, 5) is 27.5. The quantitative estimate of drug-likeness (QED) is 0.821. The zero-order valence-corrected chi connectivity index (χ0v) is 13.1. The Kier molecular flexibility index (Phi) is 5.08. The highest BCUT2D eigenvalue weighted by Crippen LogP contribution is 2.29. The number of amides is 2. The second kappa shape index (κ2) is 6.64. The molecule has 21 heavy (non-hydrogen) atoms. The SMILES string of the molecule is CN1CCCC(CNC(=O)N2CCCC(C)(C(=O)O)C2)C1. The highest BCUT2D eigenvalue weighted by molar-refractivity contribution is 5.78. The molecule has 0 aromatic rings. The van der Waals surface area contributed by atoms with Gasteiger partial charge in [-0.25, -0.2) is 4.79 Å². The first-order chi connectivity index (χ1) is 9.90. The van der Waals surface area contributed by atoms with Gasteiger partial charge in [0.15, 0.2) is 0 Å². The van der Waals surface area contributed by atoms with Crippen molar-refractivity contribution in [2.24, 2.45) is 11.3 Å². The molecule has 2 aliphatic heterocycles. The second-order valence-corrected chi connectivity index (χ2v) is 6.85. The number of hydrogen-bond acceptors (Lipinski definition) is 3. The zero-order chi connectivity index (χ0) is 15.5. The minimum Gasteiger partial charge on any atom is -0.481 e. The molecule has 2 N–H and O–H groups in total. The van der Waals surface area contributed by atoms with Crippen molar-refractivity contribution in [2.75, 3.05) is 39.8 Å². The van der Waals surface area contributed by atoms with Crippen molar-refractivity contribution in [1.82, 2.24) is 15.1 Å². The van der Waals surface area contributed by atoms with Crippen LogP contribution in [0.5, 0.6) is 0 Å². The van der Waals surface area contributed by atoms with Crippen LogP contribution >= 0.6 is 0 Å². The summed E-state index contributed by atoms with van der Waals surface area (Å²) in [6, 6.07) is -0.115. The van der Waals surface area contributed by atoms with E-state index in [4.69, 9.17) is 0 Å². The van der Waals surface area contributed by atoms with Gasteiger partial charge in [-0.3, -0.25) is 4.79 Å². The number of hydrogen-bond donors (Lipinski definition) is 2. The van der Waals surface area contributed by atoms with E-state index in [1.165, 1.54) is 6.42 Å². The van der Waals surface area contributed by atoms with Gasteiger partial charge >= 0.3 is 12.0 Å². The standard InChI is InChI=1S/C15H27N3O3/c1-15(13(19)20)6-4-8-18(11-15)14(21)16-9-12-5-3-7-17(2)10-12/h12H,3-11H2,1-2H3,(H,16,21)(H,19,20). The average molecular weight is 297 g/mol. The number of carboxylic acids is 1. The van der Waals surface area contributed by atoms with Crippen molar-refractivity contribution in [1.29, 1.82) is 0 Å². The molecule has 6 heteroatoms. The van der Waals surface area contributed by atoms with Crippen LogP contribution in [0.4, 0.5) is 4.79 Å². The number of carbonyl (C=O) groups excluding carboxylic acids is 1. The Morgan fingerprint density at radius 1 is 1.33 bits per heavy atom. The number of likely N-dealkylation sites (tertiary alicyclic amines) is 2. The lowest BCUT2D eigenvalue weighted by Gasteiger charge is -2.38. The molecule has 0 aliphatic carbocycles. The monoisotopic (exact) mass is 297 g/mol. The maximum absolute atomic E-state index is 12.2. The van der Waals surface area contributed by atoms with E-state index in [2.05, 4.69) is 17.3 Å². The lowest BCUT2D eigenvalue weighted by molar-refractivity contribution is -0.150. The first kappa shape index (κ1) is 16.1. The molecule has 2 aliphatic rings. The van der Waals surface area contributed by atoms with Crippen LogP contribution in [0.15, 0.2) is 0 Å². The highest BCUT2D eigenvalue weighted by atomic mass is 16.4. The summed E-state index contributed by atoms with van der Waals surface area (Å²) in [5, 5.41) is 12.3. The van der Waals surface area contributed by atoms with Crippen molar-refractivity contribution in [3.8, 4) is 0 Å². The van der Waals surface area contributed by atoms with Crippen LogP contribution in [0.1, 0.15) is 32.6 Å². The molecule has 0 aromatic carbocycles. The maximum atomic E-state index is 12.2. The van der Waals surface area contributed by atoms with Gasteiger partial charge < -0.3 is 20.2 Å². The predicted octanol–water partition coefficient (Wildman–Crippen LogP) is 1.22. The molecule has 2 atom stereocenters. The molecule has 2 fully saturated rings. The Labute approximate surface area is 126 Å². The summed E-state index contributed by atoms with van der Waals surface area (Å²) in [5.41, 5.74) is -0.805. The van der Waals surface area contributed by atoms with E-state index in [0.29, 0.717) is 32.0 Å². The van der Waals surface area contributed by atoms with Gasteiger partial charge in [0.1, 0.15) is 0 Å². The van der Waals surface area contributed by atoms with Gasteiger partial charge in [-0.05, 0) is 52.1 Å². The maximum Gasteiger partial charge on any atom is 0.317 e. The summed E-state index contributed by atoms with van der Waals surface area (Å²) in [6.45, 7) is 5.52. The molecule has 2 heterocycles. The number of nitrogens with one attached hydrogen (secondary N) is 1. The van der Waals surface area contributed by atoms with Crippen LogP contribution in [0.2, 0.25) is 0 Å². The number of urea groups is 1. The molecule has 2 rings (SSSR count). The van der Waals surface area contributed by atoms with Gasteiger partial charge in [0.05, 0.1) is 5.41 Å². The van der Waals surface area contributed by atoms with E-state index >= 15 is 0 Å². The zero-order valence-electron chi connectivity index (χ0n) is 13.1. The van der Waals surface area contributed by atoms with Crippen LogP contribution in [-0.2, 0) is 4.79 Å². The van der Waals surface area contributed by atoms with E-state index in [9.17, 15) is 14.7 Å². The van der Waals surface area contributed by atoms with E-state index in [-0.39, 0.29) is 6.03 Å². The lowest BCUT2D eigenvalue weighted by Crippen LogP contribution is -2.52. The molecule has 0 radical (unpaired) electrons. The number of rotatable bonds is 3. The van der Waals surface area contributed by atoms with Crippen LogP contribution in [0.25, 0.3) is 0 Å². The van der Waals surface area contributed by atoms with Crippen LogP contribution < -0.4 is 5.32 Å². The van der Waals surface area contributed by atoms with Gasteiger partial charge in [-0.1, -0.05) is 0 Å². The molecule has 2 unspecified atom stereocenters. The molecule has 0 aromatic heterocycles. The third-order valence-electron chi connectivity index (χ3n) is 4.76. The summed E-state index contributed by atoms with van der Waals surface area (Å²) in [6.07, 6.45) is 3.72. The molecule has 0 saturated carbocycles. The van der Waals surface area contributed by atoms with Crippen molar-refractivity contribution in [2.45, 2.75) is 32.6 Å². The van der Waals surface area contributed by atoms with E-state index in [1.54, 1.807) is 11.8 Å². The molecule has 6 nitrogen and oxygen atoms in total. The predicted molar refractivity (Wildman–Crippen MR) is 80.2 cm³/mol. The Morgan fingerprint density at radius 2 is 2.10 bits per heavy atom. The first-order valence-electron chi connectivity index (χ1n) is 7.85. The van der Waals surface area contributed by atoms with E-state index in [1.807, 2.05) is 0 Å². The normalized spacial score (nSPS) is 31.0. The first-order valence-corrected chi connectivity index (χ1v) is 7.85. The van der Waals surface area contributed by atoms with Crippen molar-refractivity contribution >= 4 is 12.0 Å². The Bertz CT molecular complexity index is 402. The fraction of sp³-hybridized carbons (Fsp3) is 0.867. The number of carbonyl (C=O) groups is 2. The smallest absolute Gasteiger partial charge is 0.317 e. The van der Waals surface area contributed by atoms with Crippen molar-refractivity contribution in [3.05, 3.63) is 0 Å². The summed E-state index contributed by atoms with van der Waals surface area (Å²) >= 11 is 0. The molecular formula is C15H27N3O3. The van der Waals surface area contributed by atoms with Crippen LogP contribution in [0, 0.1) is 11.3 Å². The minimum atomic E-state index is -0.811. The van der Waals surface area contributed by atoms with Crippen LogP contribution in [0.3, 0.4) is 0 Å². The lowest BCUT2D eigenvalue weighted by atomic mass is 9.82. The third kappa shape index (κ3) is 4.09. The number of piperidine rings is 2. The van der Waals surface area contributed by atoms with Crippen LogP contribution in [-0.4, -0.2) is 66.7 Å². The summed E-state index contributed by atoms with van der Waals surface area (Å²) < 4.78 is 0. The van der Waals surface area contributed by atoms with Gasteiger partial charge in [0.2, 0.25) is 0 Å². The molecule has 2 saturated heterocycles. The molecule has 0 bridgehead atoms. The summed E-state index contributed by atoms with van der Waals surface area (Å²) in [7, 11) is 2.11. The minimum absolute atomic E-state index is 0.115. The van der Waals surface area contributed by atoms with Gasteiger partial charge in [0, 0.05) is 26.2 Å². The fourth-order valence-corrected chi connectivity index (χ4v) is 3.37. The summed E-state index contributed by atoms with van der Waals surface area (Å²) in [5.74, 6) is -0.308. The topological polar surface area (TPSA) is 72.9 Å². The highest BCUT2D eigenvalue weighted by Gasteiger charge is 2.39. The van der Waals surface area contributed by atoms with Gasteiger partial charge in [-0.15, -0.1) is 0 Å². The fourth-order valence-electron chi connectivity index (χ4n) is 3.37. The van der Waals surface area contributed by atoms with Gasteiger partial charge in [-0.2, -0.15) is 0 Å². The second-order valence-electron chi connectivity index (χ2n) is 6.85.